The van der Waals surface area contributed by atoms with Crippen molar-refractivity contribution in [3.63, 3.8) is 0 Å². The van der Waals surface area contributed by atoms with Crippen LogP contribution in [0.2, 0.25) is 0 Å². The molecule has 0 heterocycles. The van der Waals surface area contributed by atoms with Crippen molar-refractivity contribution in [2.45, 2.75) is 167 Å². The lowest BCUT2D eigenvalue weighted by Crippen LogP contribution is -2.02. The van der Waals surface area contributed by atoms with Gasteiger partial charge in [0.25, 0.3) is 0 Å². The Morgan fingerprint density at radius 3 is 1.41 bits per heavy atom. The van der Waals surface area contributed by atoms with Crippen LogP contribution in [-0.2, 0) is 9.53 Å². The molecule has 0 spiro atoms. The normalized spacial score (nSPS) is 11.4. The quantitative estimate of drug-likeness (QED) is 0.0589. The first-order valence-electron chi connectivity index (χ1n) is 17.4. The highest BCUT2D eigenvalue weighted by Crippen LogP contribution is 2.26. The van der Waals surface area contributed by atoms with Gasteiger partial charge in [-0.2, -0.15) is 0 Å². The van der Waals surface area contributed by atoms with Crippen molar-refractivity contribution < 1.29 is 19.4 Å². The molecule has 0 atom stereocenters. The van der Waals surface area contributed by atoms with Gasteiger partial charge in [0.15, 0.2) is 11.5 Å². The van der Waals surface area contributed by atoms with Crippen molar-refractivity contribution in [3.05, 3.63) is 29.8 Å². The summed E-state index contributed by atoms with van der Waals surface area (Å²) in [6.45, 7) is 2.77. The van der Waals surface area contributed by atoms with Crippen molar-refractivity contribution in [3.8, 4) is 11.5 Å². The molecule has 41 heavy (non-hydrogen) atoms. The van der Waals surface area contributed by atoms with E-state index in [4.69, 9.17) is 9.47 Å². The van der Waals surface area contributed by atoms with Gasteiger partial charge in [0.1, 0.15) is 0 Å². The summed E-state index contributed by atoms with van der Waals surface area (Å²) in [4.78, 5) is 11.9. The maximum atomic E-state index is 11.9. The number of rotatable bonds is 29. The summed E-state index contributed by atoms with van der Waals surface area (Å²) in [5.74, 6) is 0.134. The average Bonchev–Trinajstić information content (AvgIpc) is 2.98. The number of phenols is 1. The fourth-order valence-electron chi connectivity index (χ4n) is 5.42. The van der Waals surface area contributed by atoms with E-state index in [1.807, 2.05) is 0 Å². The fourth-order valence-corrected chi connectivity index (χ4v) is 5.42. The molecule has 1 aromatic carbocycles. The highest BCUT2D eigenvalue weighted by molar-refractivity contribution is 5.87. The number of carbonyl (C=O) groups excluding carboxylic acids is 1. The van der Waals surface area contributed by atoms with Crippen LogP contribution >= 0.6 is 0 Å². The summed E-state index contributed by atoms with van der Waals surface area (Å²) in [6.07, 6.45) is 37.7. The lowest BCUT2D eigenvalue weighted by atomic mass is 10.0. The molecular weight excluding hydrogens is 508 g/mol. The van der Waals surface area contributed by atoms with Crippen LogP contribution < -0.4 is 4.74 Å². The Balaban J connectivity index is 1.76. The zero-order chi connectivity index (χ0) is 29.6. The van der Waals surface area contributed by atoms with E-state index in [0.29, 0.717) is 12.4 Å². The van der Waals surface area contributed by atoms with Crippen LogP contribution in [0.1, 0.15) is 173 Å². The maximum Gasteiger partial charge on any atom is 0.330 e. The first kappa shape index (κ1) is 37.1. The molecule has 4 nitrogen and oxygen atoms in total. The van der Waals surface area contributed by atoms with Gasteiger partial charge in [-0.25, -0.2) is 4.79 Å². The number of benzene rings is 1. The maximum absolute atomic E-state index is 11.9. The van der Waals surface area contributed by atoms with E-state index in [9.17, 15) is 9.90 Å². The lowest BCUT2D eigenvalue weighted by molar-refractivity contribution is -0.137. The SMILES string of the molecule is CCCCCCCCCCCCCCCCCCCCCCCCCCCOC(=O)/C=C/c1ccc(O)c(OC)c1. The highest BCUT2D eigenvalue weighted by Gasteiger charge is 2.02. The standard InChI is InChI=1S/C37H64O4/c1-3-4-5-6-7-8-9-10-11-12-13-14-15-16-17-18-19-20-21-22-23-24-25-26-27-32-41-37(39)31-29-34-28-30-35(38)36(33-34)40-2/h28-31,33,38H,3-27,32H2,1-2H3/b31-29+. The van der Waals surface area contributed by atoms with E-state index in [0.717, 1.165) is 18.4 Å². The monoisotopic (exact) mass is 572 g/mol. The Morgan fingerprint density at radius 2 is 1.02 bits per heavy atom. The Morgan fingerprint density at radius 1 is 0.634 bits per heavy atom. The molecule has 1 rings (SSSR count). The molecule has 0 saturated heterocycles. The van der Waals surface area contributed by atoms with Gasteiger partial charge >= 0.3 is 5.97 Å². The Labute approximate surface area is 253 Å². The summed E-state index contributed by atoms with van der Waals surface area (Å²) < 4.78 is 10.4. The van der Waals surface area contributed by atoms with Crippen molar-refractivity contribution >= 4 is 12.0 Å². The van der Waals surface area contributed by atoms with E-state index in [2.05, 4.69) is 6.92 Å². The van der Waals surface area contributed by atoms with Gasteiger partial charge in [-0.1, -0.05) is 167 Å². The number of aromatic hydroxyl groups is 1. The number of esters is 1. The largest absolute Gasteiger partial charge is 0.504 e. The molecule has 0 aliphatic heterocycles. The second-order valence-electron chi connectivity index (χ2n) is 11.9. The van der Waals surface area contributed by atoms with Gasteiger partial charge in [0.05, 0.1) is 13.7 Å². The number of ether oxygens (including phenoxy) is 2. The van der Waals surface area contributed by atoms with Gasteiger partial charge in [0, 0.05) is 6.08 Å². The smallest absolute Gasteiger partial charge is 0.330 e. The molecule has 0 aromatic heterocycles. The summed E-state index contributed by atoms with van der Waals surface area (Å²) in [6, 6.07) is 4.95. The molecule has 0 unspecified atom stereocenters. The molecule has 0 radical (unpaired) electrons. The fraction of sp³-hybridized carbons (Fsp3) is 0.757. The first-order valence-corrected chi connectivity index (χ1v) is 17.4. The van der Waals surface area contributed by atoms with Crippen molar-refractivity contribution in [2.75, 3.05) is 13.7 Å². The average molecular weight is 573 g/mol. The Bertz CT molecular complexity index is 757. The van der Waals surface area contributed by atoms with Gasteiger partial charge in [-0.05, 0) is 30.2 Å². The minimum absolute atomic E-state index is 0.0813. The van der Waals surface area contributed by atoms with Crippen molar-refractivity contribution in [1.29, 1.82) is 0 Å². The number of carbonyl (C=O) groups is 1. The van der Waals surface area contributed by atoms with Gasteiger partial charge in [-0.3, -0.25) is 0 Å². The third-order valence-electron chi connectivity index (χ3n) is 8.11. The van der Waals surface area contributed by atoms with Gasteiger partial charge in [-0.15, -0.1) is 0 Å². The molecule has 236 valence electrons. The molecule has 0 amide bonds. The Hall–Kier alpha value is -1.97. The molecule has 1 aromatic rings. The topological polar surface area (TPSA) is 55.8 Å². The summed E-state index contributed by atoms with van der Waals surface area (Å²) >= 11 is 0. The first-order chi connectivity index (χ1) is 20.2. The van der Waals surface area contributed by atoms with Crippen LogP contribution in [0.5, 0.6) is 11.5 Å². The molecule has 0 saturated carbocycles. The molecule has 4 heteroatoms. The van der Waals surface area contributed by atoms with E-state index in [1.165, 1.54) is 161 Å². The number of methoxy groups -OCH3 is 1. The molecule has 0 aliphatic rings. The zero-order valence-corrected chi connectivity index (χ0v) is 26.9. The minimum Gasteiger partial charge on any atom is -0.504 e. The highest BCUT2D eigenvalue weighted by atomic mass is 16.5. The van der Waals surface area contributed by atoms with E-state index >= 15 is 0 Å². The van der Waals surface area contributed by atoms with Crippen molar-refractivity contribution in [2.24, 2.45) is 0 Å². The zero-order valence-electron chi connectivity index (χ0n) is 26.9. The second-order valence-corrected chi connectivity index (χ2v) is 11.9. The van der Waals surface area contributed by atoms with Gasteiger partial charge in [0.2, 0.25) is 0 Å². The number of unbranched alkanes of at least 4 members (excludes halogenated alkanes) is 24. The molecule has 0 bridgehead atoms. The van der Waals surface area contributed by atoms with Crippen LogP contribution in [0.25, 0.3) is 6.08 Å². The number of hydrogen-bond acceptors (Lipinski definition) is 4. The van der Waals surface area contributed by atoms with Gasteiger partial charge < -0.3 is 14.6 Å². The second kappa shape index (κ2) is 28.2. The van der Waals surface area contributed by atoms with Crippen LogP contribution in [0.3, 0.4) is 0 Å². The summed E-state index contributed by atoms with van der Waals surface area (Å²) in [7, 11) is 1.50. The number of phenolic OH excluding ortho intramolecular Hbond substituents is 1. The van der Waals surface area contributed by atoms with Crippen LogP contribution in [0, 0.1) is 0 Å². The van der Waals surface area contributed by atoms with Crippen LogP contribution in [0.4, 0.5) is 0 Å². The molecule has 1 N–H and O–H groups in total. The summed E-state index contributed by atoms with van der Waals surface area (Å²) in [5, 5.41) is 9.63. The van der Waals surface area contributed by atoms with E-state index < -0.39 is 0 Å². The molecule has 0 aliphatic carbocycles. The molecule has 0 fully saturated rings. The third-order valence-corrected chi connectivity index (χ3v) is 8.11. The lowest BCUT2D eigenvalue weighted by Gasteiger charge is -2.05. The van der Waals surface area contributed by atoms with Crippen molar-refractivity contribution in [1.82, 2.24) is 0 Å². The predicted octanol–water partition coefficient (Wildman–Crippen LogP) is 11.7. The van der Waals surface area contributed by atoms with Crippen LogP contribution in [0.15, 0.2) is 24.3 Å². The third kappa shape index (κ3) is 23.3. The van der Waals surface area contributed by atoms with E-state index in [-0.39, 0.29) is 11.7 Å². The Kier molecular flexibility index (Phi) is 25.5. The summed E-state index contributed by atoms with van der Waals surface area (Å²) in [5.41, 5.74) is 0.779. The van der Waals surface area contributed by atoms with Crippen LogP contribution in [-0.4, -0.2) is 24.8 Å². The van der Waals surface area contributed by atoms with E-state index in [1.54, 1.807) is 24.3 Å². The number of hydrogen-bond donors (Lipinski definition) is 1. The predicted molar refractivity (Wildman–Crippen MR) is 176 cm³/mol. The minimum atomic E-state index is -0.332. The molecular formula is C37H64O4.